The van der Waals surface area contributed by atoms with E-state index in [1.807, 2.05) is 30.3 Å². The molecule has 20 heavy (non-hydrogen) atoms. The number of hydrogen-bond donors (Lipinski definition) is 1. The first-order valence-corrected chi connectivity index (χ1v) is 6.09. The number of benzene rings is 2. The quantitative estimate of drug-likeness (QED) is 0.571. The number of ether oxygens (including phenoxy) is 1. The van der Waals surface area contributed by atoms with Crippen molar-refractivity contribution in [2.75, 3.05) is 0 Å². The lowest BCUT2D eigenvalue weighted by molar-refractivity contribution is 0.0729. The van der Waals surface area contributed by atoms with Crippen molar-refractivity contribution in [3.05, 3.63) is 66.4 Å². The smallest absolute Gasteiger partial charge is 0.362 e. The fraction of sp³-hybridized carbons (Fsp3) is 0. The highest BCUT2D eigenvalue weighted by Crippen LogP contribution is 2.18. The van der Waals surface area contributed by atoms with E-state index in [2.05, 4.69) is 4.98 Å². The highest BCUT2D eigenvalue weighted by atomic mass is 16.5. The van der Waals surface area contributed by atoms with Crippen LogP contribution in [0.5, 0.6) is 11.5 Å². The van der Waals surface area contributed by atoms with Crippen molar-refractivity contribution in [1.29, 1.82) is 0 Å². The van der Waals surface area contributed by atoms with Gasteiger partial charge < -0.3 is 9.84 Å². The molecular weight excluding hydrogens is 254 g/mol. The Balaban J connectivity index is 1.86. The first kappa shape index (κ1) is 12.2. The van der Waals surface area contributed by atoms with E-state index in [9.17, 15) is 9.90 Å². The van der Waals surface area contributed by atoms with E-state index >= 15 is 0 Å². The van der Waals surface area contributed by atoms with E-state index in [1.54, 1.807) is 6.07 Å². The first-order valence-electron chi connectivity index (χ1n) is 6.09. The molecule has 3 aromatic rings. The summed E-state index contributed by atoms with van der Waals surface area (Å²) in [4.78, 5) is 16.3. The Hall–Kier alpha value is -2.88. The molecule has 4 nitrogen and oxygen atoms in total. The summed E-state index contributed by atoms with van der Waals surface area (Å²) in [6.07, 6.45) is 0. The summed E-state index contributed by atoms with van der Waals surface area (Å²) in [6.45, 7) is 0. The second kappa shape index (κ2) is 5.01. The molecule has 1 heterocycles. The Morgan fingerprint density at radius 3 is 2.50 bits per heavy atom. The number of para-hydroxylation sites is 1. The molecule has 0 unspecified atom stereocenters. The minimum absolute atomic E-state index is 0.119. The molecule has 0 bridgehead atoms. The summed E-state index contributed by atoms with van der Waals surface area (Å²) in [6, 6.07) is 17.0. The molecule has 0 aliphatic rings. The Morgan fingerprint density at radius 1 is 0.950 bits per heavy atom. The van der Waals surface area contributed by atoms with E-state index in [4.69, 9.17) is 4.74 Å². The molecule has 3 rings (SSSR count). The third-order valence-corrected chi connectivity index (χ3v) is 2.85. The van der Waals surface area contributed by atoms with Crippen LogP contribution in [0.4, 0.5) is 0 Å². The molecule has 1 aromatic heterocycles. The number of phenols is 1. The monoisotopic (exact) mass is 265 g/mol. The lowest BCUT2D eigenvalue weighted by Gasteiger charge is -2.04. The van der Waals surface area contributed by atoms with Crippen molar-refractivity contribution in [2.24, 2.45) is 0 Å². The number of aromatic nitrogens is 1. The molecule has 2 aromatic carbocycles. The highest BCUT2D eigenvalue weighted by molar-refractivity contribution is 5.92. The van der Waals surface area contributed by atoms with Crippen molar-refractivity contribution < 1.29 is 14.6 Å². The number of carbonyl (C=O) groups is 1. The van der Waals surface area contributed by atoms with Crippen LogP contribution in [0.25, 0.3) is 10.9 Å². The normalized spacial score (nSPS) is 10.4. The van der Waals surface area contributed by atoms with Gasteiger partial charge in [-0.15, -0.1) is 0 Å². The van der Waals surface area contributed by atoms with Gasteiger partial charge in [-0.25, -0.2) is 9.78 Å². The maximum atomic E-state index is 12.0. The van der Waals surface area contributed by atoms with Gasteiger partial charge in [0, 0.05) is 5.39 Å². The van der Waals surface area contributed by atoms with E-state index < -0.39 is 5.97 Å². The summed E-state index contributed by atoms with van der Waals surface area (Å²) in [7, 11) is 0. The molecule has 4 heteroatoms. The van der Waals surface area contributed by atoms with Crippen LogP contribution in [0, 0.1) is 0 Å². The Morgan fingerprint density at radius 2 is 1.70 bits per heavy atom. The molecule has 0 radical (unpaired) electrons. The minimum Gasteiger partial charge on any atom is -0.508 e. The van der Waals surface area contributed by atoms with Crippen LogP contribution in [0.1, 0.15) is 10.5 Å². The number of carbonyl (C=O) groups excluding carboxylic acids is 1. The van der Waals surface area contributed by atoms with Crippen LogP contribution in [0.15, 0.2) is 60.7 Å². The van der Waals surface area contributed by atoms with Crippen molar-refractivity contribution in [3.63, 3.8) is 0 Å². The van der Waals surface area contributed by atoms with Gasteiger partial charge in [-0.2, -0.15) is 0 Å². The van der Waals surface area contributed by atoms with E-state index in [0.29, 0.717) is 5.75 Å². The average molecular weight is 265 g/mol. The number of fused-ring (bicyclic) bond motifs is 1. The van der Waals surface area contributed by atoms with Gasteiger partial charge in [0.25, 0.3) is 0 Å². The Labute approximate surface area is 115 Å². The van der Waals surface area contributed by atoms with Crippen LogP contribution < -0.4 is 4.74 Å². The molecule has 0 saturated heterocycles. The van der Waals surface area contributed by atoms with Crippen LogP contribution in [-0.2, 0) is 0 Å². The van der Waals surface area contributed by atoms with Crippen LogP contribution in [-0.4, -0.2) is 16.1 Å². The maximum absolute atomic E-state index is 12.0. The number of phenolic OH excluding ortho intramolecular Hbond substituents is 1. The van der Waals surface area contributed by atoms with Crippen molar-refractivity contribution in [1.82, 2.24) is 4.98 Å². The van der Waals surface area contributed by atoms with Gasteiger partial charge in [0.2, 0.25) is 0 Å². The molecule has 98 valence electrons. The second-order valence-electron chi connectivity index (χ2n) is 4.27. The number of hydrogen-bond acceptors (Lipinski definition) is 4. The molecule has 0 saturated carbocycles. The topological polar surface area (TPSA) is 59.4 Å². The van der Waals surface area contributed by atoms with Crippen molar-refractivity contribution in [2.45, 2.75) is 0 Å². The third kappa shape index (κ3) is 2.44. The van der Waals surface area contributed by atoms with E-state index in [0.717, 1.165) is 10.9 Å². The maximum Gasteiger partial charge on any atom is 0.362 e. The summed E-state index contributed by atoms with van der Waals surface area (Å²) in [5, 5.41) is 10.1. The zero-order valence-electron chi connectivity index (χ0n) is 10.5. The molecule has 1 N–H and O–H groups in total. The van der Waals surface area contributed by atoms with Gasteiger partial charge in [-0.05, 0) is 36.4 Å². The predicted molar refractivity (Wildman–Crippen MR) is 74.8 cm³/mol. The third-order valence-electron chi connectivity index (χ3n) is 2.85. The van der Waals surface area contributed by atoms with Gasteiger partial charge in [0.15, 0.2) is 0 Å². The number of esters is 1. The Kier molecular flexibility index (Phi) is 3.05. The fourth-order valence-corrected chi connectivity index (χ4v) is 1.85. The lowest BCUT2D eigenvalue weighted by atomic mass is 10.2. The van der Waals surface area contributed by atoms with Crippen molar-refractivity contribution >= 4 is 16.9 Å². The van der Waals surface area contributed by atoms with Gasteiger partial charge in [0.1, 0.15) is 17.2 Å². The standard InChI is InChI=1S/C16H11NO3/c18-12-6-8-13(9-7-12)20-16(19)15-10-5-11-3-1-2-4-14(11)17-15/h1-10,18H. The Bertz CT molecular complexity index is 766. The first-order chi connectivity index (χ1) is 9.72. The molecule has 0 spiro atoms. The van der Waals surface area contributed by atoms with E-state index in [-0.39, 0.29) is 11.4 Å². The molecule has 0 aliphatic heterocycles. The molecule has 0 atom stereocenters. The molecule has 0 amide bonds. The number of nitrogens with zero attached hydrogens (tertiary/aromatic N) is 1. The fourth-order valence-electron chi connectivity index (χ4n) is 1.85. The largest absolute Gasteiger partial charge is 0.508 e. The number of pyridine rings is 1. The summed E-state index contributed by atoms with van der Waals surface area (Å²) >= 11 is 0. The molecule has 0 aliphatic carbocycles. The van der Waals surface area contributed by atoms with Gasteiger partial charge in [-0.3, -0.25) is 0 Å². The zero-order valence-corrected chi connectivity index (χ0v) is 10.5. The molecule has 0 fully saturated rings. The SMILES string of the molecule is O=C(Oc1ccc(O)cc1)c1ccc2ccccc2n1. The predicted octanol–water partition coefficient (Wildman–Crippen LogP) is 3.16. The van der Waals surface area contributed by atoms with Gasteiger partial charge in [-0.1, -0.05) is 24.3 Å². The van der Waals surface area contributed by atoms with Crippen LogP contribution >= 0.6 is 0 Å². The lowest BCUT2D eigenvalue weighted by Crippen LogP contribution is -2.10. The van der Waals surface area contributed by atoms with E-state index in [1.165, 1.54) is 24.3 Å². The van der Waals surface area contributed by atoms with Crippen LogP contribution in [0.2, 0.25) is 0 Å². The summed E-state index contributed by atoms with van der Waals surface area (Å²) in [5.41, 5.74) is 0.990. The van der Waals surface area contributed by atoms with Crippen LogP contribution in [0.3, 0.4) is 0 Å². The zero-order chi connectivity index (χ0) is 13.9. The summed E-state index contributed by atoms with van der Waals surface area (Å²) in [5.74, 6) is -0.0437. The number of aromatic hydroxyl groups is 1. The summed E-state index contributed by atoms with van der Waals surface area (Å²) < 4.78 is 5.19. The number of rotatable bonds is 2. The van der Waals surface area contributed by atoms with Gasteiger partial charge in [0.05, 0.1) is 5.52 Å². The molecular formula is C16H11NO3. The highest BCUT2D eigenvalue weighted by Gasteiger charge is 2.10. The average Bonchev–Trinajstić information content (AvgIpc) is 2.49. The second-order valence-corrected chi connectivity index (χ2v) is 4.27. The minimum atomic E-state index is -0.526. The van der Waals surface area contributed by atoms with Gasteiger partial charge >= 0.3 is 5.97 Å². The van der Waals surface area contributed by atoms with Crippen molar-refractivity contribution in [3.8, 4) is 11.5 Å².